The van der Waals surface area contributed by atoms with Crippen molar-refractivity contribution in [2.24, 2.45) is 0 Å². The molecule has 0 spiro atoms. The van der Waals surface area contributed by atoms with E-state index in [0.717, 1.165) is 10.9 Å². The summed E-state index contributed by atoms with van der Waals surface area (Å²) in [4.78, 5) is 44.2. The van der Waals surface area contributed by atoms with Crippen molar-refractivity contribution in [3.8, 4) is 5.75 Å². The van der Waals surface area contributed by atoms with Gasteiger partial charge in [-0.1, -0.05) is 18.2 Å². The van der Waals surface area contributed by atoms with E-state index in [1.165, 1.54) is 0 Å². The number of nitrogens with one attached hydrogen (secondary N) is 2. The summed E-state index contributed by atoms with van der Waals surface area (Å²) in [5.74, 6) is -0.214. The number of carbonyl (C=O) groups excluding carboxylic acids is 3. The van der Waals surface area contributed by atoms with Crippen molar-refractivity contribution in [1.29, 1.82) is 0 Å². The van der Waals surface area contributed by atoms with Crippen LogP contribution in [0.4, 0.5) is 0 Å². The van der Waals surface area contributed by atoms with E-state index in [-0.39, 0.29) is 18.4 Å². The maximum atomic E-state index is 12.8. The first-order valence-electron chi connectivity index (χ1n) is 10.1. The lowest BCUT2D eigenvalue weighted by atomic mass is 10.2. The van der Waals surface area contributed by atoms with Gasteiger partial charge in [0.05, 0.1) is 13.7 Å². The molecule has 1 fully saturated rings. The first-order chi connectivity index (χ1) is 15.0. The summed E-state index contributed by atoms with van der Waals surface area (Å²) in [6.07, 6.45) is 0. The minimum absolute atomic E-state index is 0.0463. The van der Waals surface area contributed by atoms with E-state index in [9.17, 15) is 14.4 Å². The second-order valence-electron chi connectivity index (χ2n) is 7.44. The van der Waals surface area contributed by atoms with Gasteiger partial charge in [0.25, 0.3) is 11.8 Å². The Balaban J connectivity index is 1.26. The summed E-state index contributed by atoms with van der Waals surface area (Å²) in [6.45, 7) is 2.28. The molecule has 0 aliphatic carbocycles. The minimum Gasteiger partial charge on any atom is -0.497 e. The maximum Gasteiger partial charge on any atom is 0.270 e. The number of fused-ring (bicyclic) bond motifs is 1. The van der Waals surface area contributed by atoms with E-state index in [4.69, 9.17) is 4.74 Å². The number of amides is 3. The Morgan fingerprint density at radius 1 is 1.00 bits per heavy atom. The molecule has 1 aliphatic rings. The zero-order valence-corrected chi connectivity index (χ0v) is 17.3. The highest BCUT2D eigenvalue weighted by molar-refractivity contribution is 6.05. The van der Waals surface area contributed by atoms with Crippen LogP contribution in [-0.4, -0.2) is 72.3 Å². The molecule has 3 amide bonds. The number of H-pyrrole nitrogens is 1. The number of rotatable bonds is 5. The number of methoxy groups -OCH3 is 1. The standard InChI is InChI=1S/C23H24N4O4/c1-31-18-8-6-16(7-9-18)22(29)25-21(28)15-26-10-12-27(13-11-26)23(30)20-14-17-4-2-3-5-19(17)24-20/h2-9,14,24H,10-13,15H2,1H3,(H,25,28,29). The molecule has 2 aromatic carbocycles. The van der Waals surface area contributed by atoms with Crippen LogP contribution in [0.15, 0.2) is 54.6 Å². The quantitative estimate of drug-likeness (QED) is 0.657. The molecule has 0 bridgehead atoms. The van der Waals surface area contributed by atoms with Gasteiger partial charge < -0.3 is 14.6 Å². The van der Waals surface area contributed by atoms with Crippen molar-refractivity contribution in [3.05, 3.63) is 65.9 Å². The summed E-state index contributed by atoms with van der Waals surface area (Å²) < 4.78 is 5.06. The molecule has 0 saturated carbocycles. The number of ether oxygens (including phenoxy) is 1. The maximum absolute atomic E-state index is 12.8. The third-order valence-corrected chi connectivity index (χ3v) is 5.39. The largest absolute Gasteiger partial charge is 0.497 e. The molecular weight excluding hydrogens is 396 g/mol. The van der Waals surface area contributed by atoms with Gasteiger partial charge in [0.1, 0.15) is 11.4 Å². The molecule has 0 radical (unpaired) electrons. The van der Waals surface area contributed by atoms with Crippen LogP contribution in [0.3, 0.4) is 0 Å². The first kappa shape index (κ1) is 20.6. The number of aromatic amines is 1. The van der Waals surface area contributed by atoms with Gasteiger partial charge in [-0.2, -0.15) is 0 Å². The van der Waals surface area contributed by atoms with Crippen LogP contribution < -0.4 is 10.1 Å². The summed E-state index contributed by atoms with van der Waals surface area (Å²) in [5.41, 5.74) is 1.89. The van der Waals surface area contributed by atoms with E-state index in [0.29, 0.717) is 43.2 Å². The van der Waals surface area contributed by atoms with Crippen LogP contribution in [0.1, 0.15) is 20.8 Å². The Bertz CT molecular complexity index is 1070. The Kier molecular flexibility index (Phi) is 5.99. The van der Waals surface area contributed by atoms with Gasteiger partial charge in [-0.3, -0.25) is 24.6 Å². The minimum atomic E-state index is -0.444. The van der Waals surface area contributed by atoms with Crippen molar-refractivity contribution in [2.75, 3.05) is 39.8 Å². The highest BCUT2D eigenvalue weighted by atomic mass is 16.5. The third kappa shape index (κ3) is 4.75. The lowest BCUT2D eigenvalue weighted by Crippen LogP contribution is -2.51. The van der Waals surface area contributed by atoms with E-state index < -0.39 is 5.91 Å². The predicted molar refractivity (Wildman–Crippen MR) is 116 cm³/mol. The van der Waals surface area contributed by atoms with Crippen molar-refractivity contribution >= 4 is 28.6 Å². The van der Waals surface area contributed by atoms with Crippen LogP contribution >= 0.6 is 0 Å². The third-order valence-electron chi connectivity index (χ3n) is 5.39. The number of hydrogen-bond acceptors (Lipinski definition) is 5. The van der Waals surface area contributed by atoms with E-state index in [1.54, 1.807) is 36.3 Å². The molecule has 2 heterocycles. The number of hydrogen-bond donors (Lipinski definition) is 2. The molecule has 0 unspecified atom stereocenters. The second kappa shape index (κ2) is 9.01. The SMILES string of the molecule is COc1ccc(C(=O)NC(=O)CN2CCN(C(=O)c3cc4ccccc4[nH]3)CC2)cc1. The van der Waals surface area contributed by atoms with Crippen LogP contribution in [0.25, 0.3) is 10.9 Å². The fourth-order valence-electron chi connectivity index (χ4n) is 3.65. The summed E-state index contributed by atoms with van der Waals surface area (Å²) >= 11 is 0. The lowest BCUT2D eigenvalue weighted by Gasteiger charge is -2.34. The van der Waals surface area contributed by atoms with Crippen LogP contribution in [0.2, 0.25) is 0 Å². The van der Waals surface area contributed by atoms with E-state index >= 15 is 0 Å². The van der Waals surface area contributed by atoms with Gasteiger partial charge in [-0.25, -0.2) is 0 Å². The first-order valence-corrected chi connectivity index (χ1v) is 10.1. The molecule has 160 valence electrons. The van der Waals surface area contributed by atoms with Gasteiger partial charge in [-0.15, -0.1) is 0 Å². The van der Waals surface area contributed by atoms with Crippen molar-refractivity contribution in [3.63, 3.8) is 0 Å². The fourth-order valence-corrected chi connectivity index (χ4v) is 3.65. The molecule has 31 heavy (non-hydrogen) atoms. The predicted octanol–water partition coefficient (Wildman–Crippen LogP) is 1.89. The molecular formula is C23H24N4O4. The number of piperazine rings is 1. The van der Waals surface area contributed by atoms with Crippen LogP contribution in [-0.2, 0) is 4.79 Å². The van der Waals surface area contributed by atoms with Crippen molar-refractivity contribution < 1.29 is 19.1 Å². The van der Waals surface area contributed by atoms with Gasteiger partial charge in [0, 0.05) is 42.6 Å². The number of carbonyl (C=O) groups is 3. The van der Waals surface area contributed by atoms with Crippen LogP contribution in [0, 0.1) is 0 Å². The summed E-state index contributed by atoms with van der Waals surface area (Å²) in [6, 6.07) is 16.2. The molecule has 1 aliphatic heterocycles. The monoisotopic (exact) mass is 420 g/mol. The number of imide groups is 1. The average molecular weight is 420 g/mol. The highest BCUT2D eigenvalue weighted by Gasteiger charge is 2.24. The Morgan fingerprint density at radius 2 is 1.71 bits per heavy atom. The van der Waals surface area contributed by atoms with Crippen molar-refractivity contribution in [2.45, 2.75) is 0 Å². The number of aromatic nitrogens is 1. The molecule has 4 rings (SSSR count). The van der Waals surface area contributed by atoms with Gasteiger partial charge in [-0.05, 0) is 36.4 Å². The van der Waals surface area contributed by atoms with E-state index in [2.05, 4.69) is 10.3 Å². The van der Waals surface area contributed by atoms with E-state index in [1.807, 2.05) is 35.2 Å². The van der Waals surface area contributed by atoms with Crippen molar-refractivity contribution in [1.82, 2.24) is 20.1 Å². The highest BCUT2D eigenvalue weighted by Crippen LogP contribution is 2.17. The summed E-state index contributed by atoms with van der Waals surface area (Å²) in [5, 5.41) is 3.41. The topological polar surface area (TPSA) is 94.7 Å². The van der Waals surface area contributed by atoms with Gasteiger partial charge >= 0.3 is 0 Å². The number of benzene rings is 2. The molecule has 8 heteroatoms. The van der Waals surface area contributed by atoms with Gasteiger partial charge in [0.2, 0.25) is 5.91 Å². The Labute approximate surface area is 179 Å². The smallest absolute Gasteiger partial charge is 0.270 e. The number of para-hydroxylation sites is 1. The average Bonchev–Trinajstić information content (AvgIpc) is 3.23. The molecule has 8 nitrogen and oxygen atoms in total. The molecule has 3 aromatic rings. The molecule has 0 atom stereocenters. The molecule has 1 saturated heterocycles. The fraction of sp³-hybridized carbons (Fsp3) is 0.261. The summed E-state index contributed by atoms with van der Waals surface area (Å²) in [7, 11) is 1.55. The van der Waals surface area contributed by atoms with Crippen LogP contribution in [0.5, 0.6) is 5.75 Å². The molecule has 1 aromatic heterocycles. The second-order valence-corrected chi connectivity index (χ2v) is 7.44. The molecule has 2 N–H and O–H groups in total. The lowest BCUT2D eigenvalue weighted by molar-refractivity contribution is -0.121. The zero-order chi connectivity index (χ0) is 21.8. The number of nitrogens with zero attached hydrogens (tertiary/aromatic N) is 2. The normalized spacial score (nSPS) is 14.4. The Morgan fingerprint density at radius 3 is 2.39 bits per heavy atom. The van der Waals surface area contributed by atoms with Gasteiger partial charge in [0.15, 0.2) is 0 Å². The Hall–Kier alpha value is -3.65. The zero-order valence-electron chi connectivity index (χ0n) is 17.3.